The largest absolute Gasteiger partial charge is 0.496 e. The molecule has 0 atom stereocenters. The molecule has 108 valence electrons. The molecule has 0 radical (unpaired) electrons. The SMILES string of the molecule is COc1cccc(F)c1C(=O)Nc1ccc(C(=O)O)cn1. The molecule has 2 aromatic rings. The molecule has 2 rings (SSSR count). The lowest BCUT2D eigenvalue weighted by Gasteiger charge is -2.09. The van der Waals surface area contributed by atoms with E-state index in [0.717, 1.165) is 12.3 Å². The minimum absolute atomic E-state index is 0.0172. The van der Waals surface area contributed by atoms with Crippen LogP contribution in [0, 0.1) is 5.82 Å². The van der Waals surface area contributed by atoms with Crippen molar-refractivity contribution < 1.29 is 23.8 Å². The van der Waals surface area contributed by atoms with Crippen molar-refractivity contribution in [1.82, 2.24) is 4.98 Å². The summed E-state index contributed by atoms with van der Waals surface area (Å²) < 4.78 is 18.7. The van der Waals surface area contributed by atoms with E-state index in [4.69, 9.17) is 9.84 Å². The van der Waals surface area contributed by atoms with Gasteiger partial charge in [-0.05, 0) is 24.3 Å². The van der Waals surface area contributed by atoms with Gasteiger partial charge in [0.05, 0.1) is 12.7 Å². The van der Waals surface area contributed by atoms with E-state index in [0.29, 0.717) is 0 Å². The Morgan fingerprint density at radius 3 is 2.62 bits per heavy atom. The zero-order chi connectivity index (χ0) is 15.4. The first-order valence-corrected chi connectivity index (χ1v) is 5.86. The van der Waals surface area contributed by atoms with Crippen molar-refractivity contribution in [2.75, 3.05) is 12.4 Å². The van der Waals surface area contributed by atoms with Crippen LogP contribution in [0.5, 0.6) is 5.75 Å². The van der Waals surface area contributed by atoms with E-state index in [-0.39, 0.29) is 22.7 Å². The summed E-state index contributed by atoms with van der Waals surface area (Å²) >= 11 is 0. The van der Waals surface area contributed by atoms with E-state index in [1.165, 1.54) is 31.4 Å². The first-order chi connectivity index (χ1) is 10.0. The van der Waals surface area contributed by atoms with Crippen molar-refractivity contribution >= 4 is 17.7 Å². The monoisotopic (exact) mass is 290 g/mol. The molecule has 1 aromatic heterocycles. The number of benzene rings is 1. The molecule has 21 heavy (non-hydrogen) atoms. The number of carboxylic acid groups (broad SMARTS) is 1. The lowest BCUT2D eigenvalue weighted by molar-refractivity contribution is 0.0696. The highest BCUT2D eigenvalue weighted by Crippen LogP contribution is 2.22. The van der Waals surface area contributed by atoms with E-state index >= 15 is 0 Å². The van der Waals surface area contributed by atoms with Gasteiger partial charge in [-0.25, -0.2) is 14.2 Å². The van der Waals surface area contributed by atoms with Crippen LogP contribution < -0.4 is 10.1 Å². The van der Waals surface area contributed by atoms with E-state index in [1.54, 1.807) is 0 Å². The van der Waals surface area contributed by atoms with E-state index < -0.39 is 17.7 Å². The number of hydrogen-bond donors (Lipinski definition) is 2. The minimum Gasteiger partial charge on any atom is -0.496 e. The van der Waals surface area contributed by atoms with Crippen molar-refractivity contribution in [2.24, 2.45) is 0 Å². The van der Waals surface area contributed by atoms with Gasteiger partial charge in [0.1, 0.15) is 22.9 Å². The van der Waals surface area contributed by atoms with Crippen LogP contribution in [0.1, 0.15) is 20.7 Å². The number of methoxy groups -OCH3 is 1. The molecule has 1 heterocycles. The van der Waals surface area contributed by atoms with Gasteiger partial charge in [0.15, 0.2) is 0 Å². The van der Waals surface area contributed by atoms with Gasteiger partial charge in [-0.3, -0.25) is 4.79 Å². The lowest BCUT2D eigenvalue weighted by atomic mass is 10.1. The van der Waals surface area contributed by atoms with Crippen molar-refractivity contribution in [3.05, 3.63) is 53.5 Å². The molecule has 6 nitrogen and oxygen atoms in total. The second-order valence-corrected chi connectivity index (χ2v) is 4.01. The molecule has 0 aliphatic carbocycles. The van der Waals surface area contributed by atoms with Gasteiger partial charge in [0.25, 0.3) is 5.91 Å². The summed E-state index contributed by atoms with van der Waals surface area (Å²) in [5.74, 6) is -2.39. The molecule has 0 fully saturated rings. The Labute approximate surface area is 119 Å². The fraction of sp³-hybridized carbons (Fsp3) is 0.0714. The molecule has 0 spiro atoms. The van der Waals surface area contributed by atoms with Crippen LogP contribution in [0.25, 0.3) is 0 Å². The average Bonchev–Trinajstić information content (AvgIpc) is 2.47. The summed E-state index contributed by atoms with van der Waals surface area (Å²) in [6, 6.07) is 6.61. The van der Waals surface area contributed by atoms with Crippen LogP contribution in [0.4, 0.5) is 10.2 Å². The zero-order valence-electron chi connectivity index (χ0n) is 11.0. The average molecular weight is 290 g/mol. The number of hydrogen-bond acceptors (Lipinski definition) is 4. The number of carbonyl (C=O) groups is 2. The molecule has 0 saturated carbocycles. The van der Waals surface area contributed by atoms with Crippen molar-refractivity contribution in [2.45, 2.75) is 0 Å². The van der Waals surface area contributed by atoms with Gasteiger partial charge in [0.2, 0.25) is 0 Å². The Morgan fingerprint density at radius 2 is 2.05 bits per heavy atom. The Balaban J connectivity index is 2.24. The van der Waals surface area contributed by atoms with Crippen molar-refractivity contribution in [3.8, 4) is 5.75 Å². The third-order valence-corrected chi connectivity index (χ3v) is 2.67. The smallest absolute Gasteiger partial charge is 0.337 e. The van der Waals surface area contributed by atoms with Crippen molar-refractivity contribution in [3.63, 3.8) is 0 Å². The fourth-order valence-corrected chi connectivity index (χ4v) is 1.67. The number of carbonyl (C=O) groups excluding carboxylic acids is 1. The summed E-state index contributed by atoms with van der Waals surface area (Å²) in [7, 11) is 1.32. The normalized spacial score (nSPS) is 10.0. The number of ether oxygens (including phenoxy) is 1. The number of nitrogens with zero attached hydrogens (tertiary/aromatic N) is 1. The van der Waals surface area contributed by atoms with Gasteiger partial charge in [0, 0.05) is 6.20 Å². The summed E-state index contributed by atoms with van der Waals surface area (Å²) in [6.45, 7) is 0. The summed E-state index contributed by atoms with van der Waals surface area (Å²) in [5, 5.41) is 11.1. The van der Waals surface area contributed by atoms with Gasteiger partial charge < -0.3 is 15.2 Å². The summed E-state index contributed by atoms with van der Waals surface area (Å²) in [4.78, 5) is 26.5. The summed E-state index contributed by atoms with van der Waals surface area (Å²) in [5.41, 5.74) is -0.263. The fourth-order valence-electron chi connectivity index (χ4n) is 1.67. The van der Waals surface area contributed by atoms with Crippen LogP contribution in [0.15, 0.2) is 36.5 Å². The van der Waals surface area contributed by atoms with E-state index in [2.05, 4.69) is 10.3 Å². The Hall–Kier alpha value is -2.96. The molecule has 7 heteroatoms. The van der Waals surface area contributed by atoms with E-state index in [9.17, 15) is 14.0 Å². The predicted molar refractivity (Wildman–Crippen MR) is 72.1 cm³/mol. The van der Waals surface area contributed by atoms with Crippen molar-refractivity contribution in [1.29, 1.82) is 0 Å². The van der Waals surface area contributed by atoms with Gasteiger partial charge >= 0.3 is 5.97 Å². The maximum atomic E-state index is 13.7. The second-order valence-electron chi connectivity index (χ2n) is 4.01. The first kappa shape index (κ1) is 14.4. The van der Waals surface area contributed by atoms with Crippen LogP contribution in [-0.4, -0.2) is 29.1 Å². The van der Waals surface area contributed by atoms with Gasteiger partial charge in [-0.2, -0.15) is 0 Å². The maximum Gasteiger partial charge on any atom is 0.337 e. The number of anilines is 1. The number of aromatic carboxylic acids is 1. The van der Waals surface area contributed by atoms with Crippen LogP contribution >= 0.6 is 0 Å². The molecule has 0 bridgehead atoms. The molecule has 0 aliphatic rings. The highest BCUT2D eigenvalue weighted by molar-refractivity contribution is 6.06. The van der Waals surface area contributed by atoms with E-state index in [1.807, 2.05) is 0 Å². The predicted octanol–water partition coefficient (Wildman–Crippen LogP) is 2.18. The molecular formula is C14H11FN2O4. The number of aromatic nitrogens is 1. The number of pyridine rings is 1. The number of rotatable bonds is 4. The van der Waals surface area contributed by atoms with Crippen LogP contribution in [0.3, 0.4) is 0 Å². The Kier molecular flexibility index (Phi) is 4.13. The zero-order valence-corrected chi connectivity index (χ0v) is 11.0. The highest BCUT2D eigenvalue weighted by Gasteiger charge is 2.18. The molecule has 1 aromatic carbocycles. The molecule has 0 saturated heterocycles. The first-order valence-electron chi connectivity index (χ1n) is 5.86. The molecule has 0 unspecified atom stereocenters. The van der Waals surface area contributed by atoms with Crippen LogP contribution in [-0.2, 0) is 0 Å². The number of amides is 1. The highest BCUT2D eigenvalue weighted by atomic mass is 19.1. The molecule has 2 N–H and O–H groups in total. The molecule has 0 aliphatic heterocycles. The third-order valence-electron chi connectivity index (χ3n) is 2.67. The Morgan fingerprint density at radius 1 is 1.29 bits per heavy atom. The standard InChI is InChI=1S/C14H11FN2O4/c1-21-10-4-2-3-9(15)12(10)13(18)17-11-6-5-8(7-16-11)14(19)20/h2-7H,1H3,(H,19,20)(H,16,17,18). The van der Waals surface area contributed by atoms with Gasteiger partial charge in [-0.1, -0.05) is 6.07 Å². The topological polar surface area (TPSA) is 88.5 Å². The third kappa shape index (κ3) is 3.14. The van der Waals surface area contributed by atoms with Crippen LogP contribution in [0.2, 0.25) is 0 Å². The molecular weight excluding hydrogens is 279 g/mol. The lowest BCUT2D eigenvalue weighted by Crippen LogP contribution is -2.16. The van der Waals surface area contributed by atoms with Gasteiger partial charge in [-0.15, -0.1) is 0 Å². The summed E-state index contributed by atoms with van der Waals surface area (Å²) in [6.07, 6.45) is 1.09. The number of halogens is 1. The number of carboxylic acids is 1. The quantitative estimate of drug-likeness (QED) is 0.901. The number of nitrogens with one attached hydrogen (secondary N) is 1. The minimum atomic E-state index is -1.13. The maximum absolute atomic E-state index is 13.7. The second kappa shape index (κ2) is 6.00. The molecule has 1 amide bonds. The Bertz CT molecular complexity index is 686.